The molecule has 2 saturated heterocycles. The number of carbonyl (C=O) groups is 1. The Morgan fingerprint density at radius 2 is 2.46 bits per heavy atom. The number of morpholine rings is 1. The maximum absolute atomic E-state index is 11.5. The highest BCUT2D eigenvalue weighted by Gasteiger charge is 2.27. The number of hydrogen-bond donors (Lipinski definition) is 1. The van der Waals surface area contributed by atoms with Crippen LogP contribution in [0.25, 0.3) is 0 Å². The van der Waals surface area contributed by atoms with Crippen LogP contribution in [0.15, 0.2) is 0 Å². The average Bonchev–Trinajstić information content (AvgIpc) is 2.20. The van der Waals surface area contributed by atoms with Gasteiger partial charge in [-0.2, -0.15) is 0 Å². The fourth-order valence-corrected chi connectivity index (χ4v) is 2.02. The second-order valence-corrected chi connectivity index (χ2v) is 3.64. The zero-order valence-corrected chi connectivity index (χ0v) is 7.79. The lowest BCUT2D eigenvalue weighted by molar-refractivity contribution is -0.146. The van der Waals surface area contributed by atoms with Crippen LogP contribution in [0.5, 0.6) is 0 Å². The van der Waals surface area contributed by atoms with E-state index in [-0.39, 0.29) is 12.5 Å². The molecular formula is C9H16N2O2. The Balaban J connectivity index is 1.92. The lowest BCUT2D eigenvalue weighted by Gasteiger charge is -2.36. The highest BCUT2D eigenvalue weighted by molar-refractivity contribution is 5.78. The van der Waals surface area contributed by atoms with Crippen molar-refractivity contribution in [3.63, 3.8) is 0 Å². The molecule has 2 rings (SSSR count). The minimum Gasteiger partial charge on any atom is -0.370 e. The summed E-state index contributed by atoms with van der Waals surface area (Å²) in [6.07, 6.45) is 2.31. The Morgan fingerprint density at radius 3 is 3.15 bits per heavy atom. The normalized spacial score (nSPS) is 30.6. The fourth-order valence-electron chi connectivity index (χ4n) is 2.02. The molecule has 0 spiro atoms. The summed E-state index contributed by atoms with van der Waals surface area (Å²) in [5.41, 5.74) is 0. The number of nitrogens with one attached hydrogen (secondary N) is 1. The Bertz CT molecular complexity index is 190. The van der Waals surface area contributed by atoms with Crippen LogP contribution in [0.1, 0.15) is 12.8 Å². The van der Waals surface area contributed by atoms with Gasteiger partial charge in [0.2, 0.25) is 5.91 Å². The molecule has 2 fully saturated rings. The largest absolute Gasteiger partial charge is 0.370 e. The van der Waals surface area contributed by atoms with E-state index in [1.54, 1.807) is 0 Å². The van der Waals surface area contributed by atoms with E-state index < -0.39 is 0 Å². The van der Waals surface area contributed by atoms with Gasteiger partial charge in [-0.1, -0.05) is 0 Å². The van der Waals surface area contributed by atoms with Crippen molar-refractivity contribution in [1.29, 1.82) is 0 Å². The molecule has 2 aliphatic rings. The summed E-state index contributed by atoms with van der Waals surface area (Å²) in [4.78, 5) is 13.4. The highest BCUT2D eigenvalue weighted by Crippen LogP contribution is 2.12. The topological polar surface area (TPSA) is 41.6 Å². The first-order valence-electron chi connectivity index (χ1n) is 4.96. The van der Waals surface area contributed by atoms with Crippen molar-refractivity contribution in [3.8, 4) is 0 Å². The third kappa shape index (κ3) is 2.00. The number of nitrogens with zero attached hydrogens (tertiary/aromatic N) is 1. The van der Waals surface area contributed by atoms with Crippen molar-refractivity contribution in [2.45, 2.75) is 18.9 Å². The predicted octanol–water partition coefficient (Wildman–Crippen LogP) is -0.403. The lowest BCUT2D eigenvalue weighted by Crippen LogP contribution is -2.53. The van der Waals surface area contributed by atoms with Gasteiger partial charge in [0.15, 0.2) is 0 Å². The van der Waals surface area contributed by atoms with Crippen LogP contribution in [-0.4, -0.2) is 49.7 Å². The number of ether oxygens (including phenoxy) is 1. The molecule has 1 atom stereocenters. The van der Waals surface area contributed by atoms with E-state index in [4.69, 9.17) is 4.74 Å². The van der Waals surface area contributed by atoms with Gasteiger partial charge in [0.1, 0.15) is 6.61 Å². The van der Waals surface area contributed by atoms with Crippen molar-refractivity contribution in [2.24, 2.45) is 0 Å². The molecule has 0 aromatic heterocycles. The van der Waals surface area contributed by atoms with E-state index in [1.807, 2.05) is 4.90 Å². The number of amides is 1. The first-order valence-corrected chi connectivity index (χ1v) is 4.96. The summed E-state index contributed by atoms with van der Waals surface area (Å²) >= 11 is 0. The molecule has 0 aliphatic carbocycles. The van der Waals surface area contributed by atoms with Gasteiger partial charge in [0.25, 0.3) is 0 Å². The summed E-state index contributed by atoms with van der Waals surface area (Å²) in [5, 5.41) is 3.32. The molecule has 0 aromatic rings. The summed E-state index contributed by atoms with van der Waals surface area (Å²) < 4.78 is 5.09. The van der Waals surface area contributed by atoms with E-state index in [0.29, 0.717) is 12.6 Å². The molecule has 4 nitrogen and oxygen atoms in total. The third-order valence-corrected chi connectivity index (χ3v) is 2.73. The van der Waals surface area contributed by atoms with E-state index in [1.165, 1.54) is 6.42 Å². The first-order chi connectivity index (χ1) is 6.38. The smallest absolute Gasteiger partial charge is 0.248 e. The monoisotopic (exact) mass is 184 g/mol. The standard InChI is InChI=1S/C9H16N2O2/c12-9-7-13-5-4-11(9)8-2-1-3-10-6-8/h8,10H,1-7H2. The summed E-state index contributed by atoms with van der Waals surface area (Å²) in [5.74, 6) is 0.153. The van der Waals surface area contributed by atoms with Crippen molar-refractivity contribution >= 4 is 5.91 Å². The highest BCUT2D eigenvalue weighted by atomic mass is 16.5. The maximum Gasteiger partial charge on any atom is 0.248 e. The van der Waals surface area contributed by atoms with E-state index in [0.717, 1.165) is 26.1 Å². The number of rotatable bonds is 1. The van der Waals surface area contributed by atoms with Crippen LogP contribution in [0.4, 0.5) is 0 Å². The first kappa shape index (κ1) is 8.97. The summed E-state index contributed by atoms with van der Waals surface area (Å²) in [6.45, 7) is 3.78. The van der Waals surface area contributed by atoms with Crippen LogP contribution in [0, 0.1) is 0 Å². The summed E-state index contributed by atoms with van der Waals surface area (Å²) in [6, 6.07) is 0.408. The van der Waals surface area contributed by atoms with Gasteiger partial charge in [-0.05, 0) is 19.4 Å². The van der Waals surface area contributed by atoms with Crippen molar-refractivity contribution in [2.75, 3.05) is 32.8 Å². The number of carbonyl (C=O) groups excluding carboxylic acids is 1. The zero-order valence-electron chi connectivity index (χ0n) is 7.79. The van der Waals surface area contributed by atoms with Gasteiger partial charge in [0, 0.05) is 19.1 Å². The molecular weight excluding hydrogens is 168 g/mol. The van der Waals surface area contributed by atoms with Gasteiger partial charge in [-0.3, -0.25) is 4.79 Å². The van der Waals surface area contributed by atoms with E-state index >= 15 is 0 Å². The van der Waals surface area contributed by atoms with Crippen molar-refractivity contribution in [1.82, 2.24) is 10.2 Å². The lowest BCUT2D eigenvalue weighted by atomic mass is 10.1. The molecule has 0 radical (unpaired) electrons. The minimum atomic E-state index is 0.153. The molecule has 0 aromatic carbocycles. The van der Waals surface area contributed by atoms with Crippen LogP contribution >= 0.6 is 0 Å². The quantitative estimate of drug-likeness (QED) is 0.603. The van der Waals surface area contributed by atoms with Crippen LogP contribution in [0.2, 0.25) is 0 Å². The van der Waals surface area contributed by atoms with Crippen LogP contribution in [-0.2, 0) is 9.53 Å². The third-order valence-electron chi connectivity index (χ3n) is 2.73. The molecule has 0 saturated carbocycles. The molecule has 1 unspecified atom stereocenters. The van der Waals surface area contributed by atoms with Gasteiger partial charge in [0.05, 0.1) is 6.61 Å². The Labute approximate surface area is 78.2 Å². The molecule has 74 valence electrons. The van der Waals surface area contributed by atoms with E-state index in [2.05, 4.69) is 5.32 Å². The molecule has 2 heterocycles. The van der Waals surface area contributed by atoms with E-state index in [9.17, 15) is 4.79 Å². The summed E-state index contributed by atoms with van der Waals surface area (Å²) in [7, 11) is 0. The number of piperidine rings is 1. The Morgan fingerprint density at radius 1 is 1.54 bits per heavy atom. The molecule has 2 aliphatic heterocycles. The predicted molar refractivity (Wildman–Crippen MR) is 48.4 cm³/mol. The molecule has 1 N–H and O–H groups in total. The van der Waals surface area contributed by atoms with Gasteiger partial charge >= 0.3 is 0 Å². The Kier molecular flexibility index (Phi) is 2.80. The van der Waals surface area contributed by atoms with Crippen molar-refractivity contribution < 1.29 is 9.53 Å². The average molecular weight is 184 g/mol. The molecule has 4 heteroatoms. The van der Waals surface area contributed by atoms with Gasteiger partial charge in [-0.15, -0.1) is 0 Å². The zero-order chi connectivity index (χ0) is 9.10. The molecule has 13 heavy (non-hydrogen) atoms. The second kappa shape index (κ2) is 4.07. The minimum absolute atomic E-state index is 0.153. The van der Waals surface area contributed by atoms with Gasteiger partial charge in [-0.25, -0.2) is 0 Å². The van der Waals surface area contributed by atoms with Gasteiger partial charge < -0.3 is 15.0 Å². The number of hydrogen-bond acceptors (Lipinski definition) is 3. The van der Waals surface area contributed by atoms with Crippen LogP contribution < -0.4 is 5.32 Å². The Hall–Kier alpha value is -0.610. The maximum atomic E-state index is 11.5. The van der Waals surface area contributed by atoms with Crippen molar-refractivity contribution in [3.05, 3.63) is 0 Å². The molecule has 1 amide bonds. The molecule has 0 bridgehead atoms. The second-order valence-electron chi connectivity index (χ2n) is 3.64. The fraction of sp³-hybridized carbons (Fsp3) is 0.889. The SMILES string of the molecule is O=C1COCCN1C1CCCNC1. The van der Waals surface area contributed by atoms with Crippen LogP contribution in [0.3, 0.4) is 0 Å².